The highest BCUT2D eigenvalue weighted by atomic mass is 32.2. The Labute approximate surface area is 108 Å². The van der Waals surface area contributed by atoms with Gasteiger partial charge in [-0.1, -0.05) is 36.4 Å². The Hall–Kier alpha value is -0.820. The van der Waals surface area contributed by atoms with E-state index < -0.39 is 5.97 Å². The highest BCUT2D eigenvalue weighted by Gasteiger charge is 2.23. The SMILES string of the molecule is CCC1CCN(c2nnc(SCC(=O)O)s2)C1. The van der Waals surface area contributed by atoms with Crippen LogP contribution >= 0.6 is 23.1 Å². The summed E-state index contributed by atoms with van der Waals surface area (Å²) in [5.74, 6) is -0.0142. The molecule has 17 heavy (non-hydrogen) atoms. The quantitative estimate of drug-likeness (QED) is 0.827. The van der Waals surface area contributed by atoms with Gasteiger partial charge in [0.05, 0.1) is 5.75 Å². The molecular formula is C10H15N3O2S2. The molecule has 2 heterocycles. The Morgan fingerprint density at radius 2 is 2.47 bits per heavy atom. The molecule has 0 aromatic carbocycles. The first kappa shape index (κ1) is 12.6. The third-order valence-electron chi connectivity index (χ3n) is 2.85. The maximum absolute atomic E-state index is 10.4. The smallest absolute Gasteiger partial charge is 0.313 e. The van der Waals surface area contributed by atoms with Crippen molar-refractivity contribution in [2.75, 3.05) is 23.7 Å². The van der Waals surface area contributed by atoms with Crippen molar-refractivity contribution in [3.8, 4) is 0 Å². The summed E-state index contributed by atoms with van der Waals surface area (Å²) in [4.78, 5) is 12.7. The molecule has 0 radical (unpaired) electrons. The fraction of sp³-hybridized carbons (Fsp3) is 0.700. The second kappa shape index (κ2) is 5.68. The summed E-state index contributed by atoms with van der Waals surface area (Å²) in [6.07, 6.45) is 2.42. The molecule has 1 atom stereocenters. The number of carboxylic acids is 1. The van der Waals surface area contributed by atoms with E-state index in [1.54, 1.807) is 0 Å². The van der Waals surface area contributed by atoms with Crippen molar-refractivity contribution in [2.24, 2.45) is 5.92 Å². The fourth-order valence-corrected chi connectivity index (χ4v) is 3.45. The molecule has 1 saturated heterocycles. The lowest BCUT2D eigenvalue weighted by Gasteiger charge is -2.12. The molecule has 5 nitrogen and oxygen atoms in total. The summed E-state index contributed by atoms with van der Waals surface area (Å²) in [5, 5.41) is 17.6. The van der Waals surface area contributed by atoms with Crippen LogP contribution in [0.2, 0.25) is 0 Å². The topological polar surface area (TPSA) is 66.3 Å². The molecule has 1 N–H and O–H groups in total. The van der Waals surface area contributed by atoms with Gasteiger partial charge in [0, 0.05) is 13.1 Å². The summed E-state index contributed by atoms with van der Waals surface area (Å²) >= 11 is 2.72. The van der Waals surface area contributed by atoms with Gasteiger partial charge in [-0.25, -0.2) is 0 Å². The number of nitrogens with zero attached hydrogens (tertiary/aromatic N) is 3. The van der Waals surface area contributed by atoms with Gasteiger partial charge in [-0.15, -0.1) is 10.2 Å². The minimum absolute atomic E-state index is 0.0478. The van der Waals surface area contributed by atoms with Crippen LogP contribution in [0.25, 0.3) is 0 Å². The number of thioether (sulfide) groups is 1. The van der Waals surface area contributed by atoms with Gasteiger partial charge >= 0.3 is 5.97 Å². The Balaban J connectivity index is 1.92. The lowest BCUT2D eigenvalue weighted by atomic mass is 10.1. The average Bonchev–Trinajstić information content (AvgIpc) is 2.94. The van der Waals surface area contributed by atoms with E-state index >= 15 is 0 Å². The molecule has 1 fully saturated rings. The molecule has 1 aliphatic rings. The Bertz CT molecular complexity index is 397. The molecule has 0 aliphatic carbocycles. The van der Waals surface area contributed by atoms with Crippen LogP contribution in [0.4, 0.5) is 5.13 Å². The van der Waals surface area contributed by atoms with Crippen molar-refractivity contribution >= 4 is 34.2 Å². The van der Waals surface area contributed by atoms with Gasteiger partial charge in [0.25, 0.3) is 0 Å². The number of hydrogen-bond donors (Lipinski definition) is 1. The third-order valence-corrected chi connectivity index (χ3v) is 4.95. The van der Waals surface area contributed by atoms with E-state index in [1.165, 1.54) is 35.9 Å². The number of carbonyl (C=O) groups is 1. The fourth-order valence-electron chi connectivity index (χ4n) is 1.85. The molecule has 1 aromatic rings. The molecule has 0 spiro atoms. The molecule has 1 unspecified atom stereocenters. The Morgan fingerprint density at radius 3 is 3.12 bits per heavy atom. The van der Waals surface area contributed by atoms with E-state index in [-0.39, 0.29) is 5.75 Å². The van der Waals surface area contributed by atoms with Crippen LogP contribution in [-0.2, 0) is 4.79 Å². The zero-order valence-corrected chi connectivity index (χ0v) is 11.3. The molecule has 2 rings (SSSR count). The van der Waals surface area contributed by atoms with Gasteiger partial charge in [0.1, 0.15) is 0 Å². The predicted octanol–water partition coefficient (Wildman–Crippen LogP) is 1.95. The molecule has 7 heteroatoms. The summed E-state index contributed by atoms with van der Waals surface area (Å²) in [6, 6.07) is 0. The lowest BCUT2D eigenvalue weighted by Crippen LogP contribution is -2.19. The van der Waals surface area contributed by atoms with Crippen molar-refractivity contribution in [1.82, 2.24) is 10.2 Å². The van der Waals surface area contributed by atoms with Gasteiger partial charge < -0.3 is 10.0 Å². The van der Waals surface area contributed by atoms with Gasteiger partial charge in [-0.2, -0.15) is 0 Å². The number of aromatic nitrogens is 2. The van der Waals surface area contributed by atoms with Crippen LogP contribution < -0.4 is 4.90 Å². The van der Waals surface area contributed by atoms with Gasteiger partial charge in [-0.3, -0.25) is 4.79 Å². The maximum Gasteiger partial charge on any atom is 0.313 e. The first-order chi connectivity index (χ1) is 8.19. The largest absolute Gasteiger partial charge is 0.481 e. The van der Waals surface area contributed by atoms with Crippen LogP contribution in [0.15, 0.2) is 4.34 Å². The molecule has 0 amide bonds. The summed E-state index contributed by atoms with van der Waals surface area (Å²) in [6.45, 7) is 4.30. The van der Waals surface area contributed by atoms with Crippen LogP contribution in [0.3, 0.4) is 0 Å². The van der Waals surface area contributed by atoms with Crippen LogP contribution in [0.5, 0.6) is 0 Å². The van der Waals surface area contributed by atoms with E-state index in [0.29, 0.717) is 0 Å². The van der Waals surface area contributed by atoms with Crippen molar-refractivity contribution < 1.29 is 9.90 Å². The number of anilines is 1. The second-order valence-corrected chi connectivity index (χ2v) is 6.22. The Kier molecular flexibility index (Phi) is 4.22. The predicted molar refractivity (Wildman–Crippen MR) is 68.9 cm³/mol. The molecule has 0 bridgehead atoms. The molecule has 1 aromatic heterocycles. The molecule has 1 aliphatic heterocycles. The summed E-state index contributed by atoms with van der Waals surface area (Å²) < 4.78 is 0.738. The minimum atomic E-state index is -0.820. The number of rotatable bonds is 5. The van der Waals surface area contributed by atoms with E-state index in [0.717, 1.165) is 28.5 Å². The van der Waals surface area contributed by atoms with Gasteiger partial charge in [0.2, 0.25) is 5.13 Å². The lowest BCUT2D eigenvalue weighted by molar-refractivity contribution is -0.133. The van der Waals surface area contributed by atoms with Crippen LogP contribution in [0, 0.1) is 5.92 Å². The second-order valence-electron chi connectivity index (χ2n) is 4.04. The van der Waals surface area contributed by atoms with E-state index in [9.17, 15) is 4.79 Å². The van der Waals surface area contributed by atoms with E-state index in [2.05, 4.69) is 22.0 Å². The summed E-state index contributed by atoms with van der Waals surface area (Å²) in [5.41, 5.74) is 0. The molecular weight excluding hydrogens is 258 g/mol. The first-order valence-electron chi connectivity index (χ1n) is 5.62. The number of hydrogen-bond acceptors (Lipinski definition) is 6. The normalized spacial score (nSPS) is 19.8. The monoisotopic (exact) mass is 273 g/mol. The minimum Gasteiger partial charge on any atom is -0.481 e. The van der Waals surface area contributed by atoms with Crippen molar-refractivity contribution in [3.63, 3.8) is 0 Å². The zero-order chi connectivity index (χ0) is 12.3. The standard InChI is InChI=1S/C10H15N3O2S2/c1-2-7-3-4-13(5-7)9-11-12-10(17-9)16-6-8(14)15/h7H,2-6H2,1H3,(H,14,15). The van der Waals surface area contributed by atoms with Crippen LogP contribution in [-0.4, -0.2) is 40.1 Å². The zero-order valence-electron chi connectivity index (χ0n) is 9.63. The summed E-state index contributed by atoms with van der Waals surface area (Å²) in [7, 11) is 0. The van der Waals surface area contributed by atoms with Crippen molar-refractivity contribution in [3.05, 3.63) is 0 Å². The maximum atomic E-state index is 10.4. The highest BCUT2D eigenvalue weighted by molar-refractivity contribution is 8.01. The van der Waals surface area contributed by atoms with Crippen LogP contribution in [0.1, 0.15) is 19.8 Å². The van der Waals surface area contributed by atoms with Gasteiger partial charge in [0.15, 0.2) is 4.34 Å². The average molecular weight is 273 g/mol. The Morgan fingerprint density at radius 1 is 1.65 bits per heavy atom. The highest BCUT2D eigenvalue weighted by Crippen LogP contribution is 2.31. The van der Waals surface area contributed by atoms with E-state index in [1.807, 2.05) is 0 Å². The number of aliphatic carboxylic acids is 1. The van der Waals surface area contributed by atoms with Gasteiger partial charge in [-0.05, 0) is 12.3 Å². The van der Waals surface area contributed by atoms with Crippen molar-refractivity contribution in [2.45, 2.75) is 24.1 Å². The molecule has 94 valence electrons. The van der Waals surface area contributed by atoms with E-state index in [4.69, 9.17) is 5.11 Å². The first-order valence-corrected chi connectivity index (χ1v) is 7.42. The third kappa shape index (κ3) is 3.32. The molecule has 0 saturated carbocycles. The van der Waals surface area contributed by atoms with Crippen molar-refractivity contribution in [1.29, 1.82) is 0 Å². The number of carboxylic acid groups (broad SMARTS) is 1.